The summed E-state index contributed by atoms with van der Waals surface area (Å²) in [5, 5.41) is 3.61. The third-order valence-electron chi connectivity index (χ3n) is 3.47. The Kier molecular flexibility index (Phi) is 7.87. The van der Waals surface area contributed by atoms with Crippen LogP contribution in [0.15, 0.2) is 0 Å². The summed E-state index contributed by atoms with van der Waals surface area (Å²) < 4.78 is 5.72. The van der Waals surface area contributed by atoms with E-state index in [0.717, 1.165) is 13.2 Å². The van der Waals surface area contributed by atoms with Gasteiger partial charge in [-0.05, 0) is 32.2 Å². The molecule has 2 nitrogen and oxygen atoms in total. The maximum absolute atomic E-state index is 5.72. The molecule has 16 heavy (non-hydrogen) atoms. The van der Waals surface area contributed by atoms with Crippen molar-refractivity contribution in [2.45, 2.75) is 77.4 Å². The first-order valence-corrected chi connectivity index (χ1v) is 7.21. The quantitative estimate of drug-likeness (QED) is 0.609. The fourth-order valence-corrected chi connectivity index (χ4v) is 2.56. The molecule has 1 aliphatic heterocycles. The van der Waals surface area contributed by atoms with E-state index in [-0.39, 0.29) is 0 Å². The maximum Gasteiger partial charge on any atom is 0.0590 e. The minimum Gasteiger partial charge on any atom is -0.378 e. The molecule has 1 aliphatic rings. The van der Waals surface area contributed by atoms with E-state index in [1.54, 1.807) is 0 Å². The summed E-state index contributed by atoms with van der Waals surface area (Å²) in [5.41, 5.74) is 0. The van der Waals surface area contributed by atoms with Gasteiger partial charge < -0.3 is 10.1 Å². The Morgan fingerprint density at radius 1 is 1.25 bits per heavy atom. The number of unbranched alkanes of at least 4 members (excludes halogenated alkanes) is 3. The largest absolute Gasteiger partial charge is 0.378 e. The first kappa shape index (κ1) is 14.0. The van der Waals surface area contributed by atoms with Gasteiger partial charge in [0.15, 0.2) is 0 Å². The van der Waals surface area contributed by atoms with Crippen molar-refractivity contribution in [3.8, 4) is 0 Å². The van der Waals surface area contributed by atoms with Crippen LogP contribution in [0.5, 0.6) is 0 Å². The summed E-state index contributed by atoms with van der Waals surface area (Å²) in [5.74, 6) is 0. The van der Waals surface area contributed by atoms with Crippen LogP contribution in [0, 0.1) is 0 Å². The zero-order valence-corrected chi connectivity index (χ0v) is 11.1. The Bertz CT molecular complexity index is 155. The van der Waals surface area contributed by atoms with Crippen LogP contribution in [-0.4, -0.2) is 25.3 Å². The summed E-state index contributed by atoms with van der Waals surface area (Å²) in [6.07, 6.45) is 11.1. The summed E-state index contributed by atoms with van der Waals surface area (Å²) in [7, 11) is 0. The first-order chi connectivity index (χ1) is 7.86. The minimum atomic E-state index is 0.537. The molecule has 0 saturated carbocycles. The summed E-state index contributed by atoms with van der Waals surface area (Å²) in [6, 6.07) is 0.685. The second-order valence-corrected chi connectivity index (χ2v) is 4.97. The monoisotopic (exact) mass is 227 g/mol. The molecule has 2 atom stereocenters. The highest BCUT2D eigenvalue weighted by atomic mass is 16.5. The summed E-state index contributed by atoms with van der Waals surface area (Å²) in [6.45, 7) is 6.55. The van der Waals surface area contributed by atoms with Crippen molar-refractivity contribution < 1.29 is 4.74 Å². The molecule has 0 aliphatic carbocycles. The van der Waals surface area contributed by atoms with Gasteiger partial charge in [0.2, 0.25) is 0 Å². The van der Waals surface area contributed by atoms with Crippen molar-refractivity contribution in [3.63, 3.8) is 0 Å². The van der Waals surface area contributed by atoms with Gasteiger partial charge in [-0.2, -0.15) is 0 Å². The molecule has 1 saturated heterocycles. The molecule has 2 heteroatoms. The number of hydrogen-bond acceptors (Lipinski definition) is 2. The predicted molar refractivity (Wildman–Crippen MR) is 69.8 cm³/mol. The zero-order valence-electron chi connectivity index (χ0n) is 11.1. The lowest BCUT2D eigenvalue weighted by atomic mass is 10.0. The van der Waals surface area contributed by atoms with Gasteiger partial charge in [-0.15, -0.1) is 0 Å². The van der Waals surface area contributed by atoms with E-state index >= 15 is 0 Å². The third kappa shape index (κ3) is 5.86. The molecule has 1 N–H and O–H groups in total. The smallest absolute Gasteiger partial charge is 0.0590 e. The lowest BCUT2D eigenvalue weighted by molar-refractivity contribution is 0.0935. The van der Waals surface area contributed by atoms with Gasteiger partial charge in [0.25, 0.3) is 0 Å². The van der Waals surface area contributed by atoms with Crippen LogP contribution < -0.4 is 5.32 Å². The number of ether oxygens (including phenoxy) is 1. The third-order valence-corrected chi connectivity index (χ3v) is 3.47. The molecular weight excluding hydrogens is 198 g/mol. The van der Waals surface area contributed by atoms with Gasteiger partial charge in [-0.3, -0.25) is 0 Å². The van der Waals surface area contributed by atoms with Crippen LogP contribution in [0.25, 0.3) is 0 Å². The minimum absolute atomic E-state index is 0.537. The zero-order chi connectivity index (χ0) is 11.6. The van der Waals surface area contributed by atoms with Crippen LogP contribution in [0.4, 0.5) is 0 Å². The molecule has 0 bridgehead atoms. The van der Waals surface area contributed by atoms with Crippen LogP contribution in [0.2, 0.25) is 0 Å². The highest BCUT2D eigenvalue weighted by molar-refractivity contribution is 4.74. The van der Waals surface area contributed by atoms with Crippen molar-refractivity contribution >= 4 is 0 Å². The average molecular weight is 227 g/mol. The predicted octanol–water partition coefficient (Wildman–Crippen LogP) is 3.50. The number of hydrogen-bond donors (Lipinski definition) is 1. The van der Waals surface area contributed by atoms with Gasteiger partial charge >= 0.3 is 0 Å². The highest BCUT2D eigenvalue weighted by Gasteiger charge is 2.19. The highest BCUT2D eigenvalue weighted by Crippen LogP contribution is 2.19. The van der Waals surface area contributed by atoms with E-state index in [1.807, 2.05) is 0 Å². The van der Waals surface area contributed by atoms with Crippen molar-refractivity contribution in [2.24, 2.45) is 0 Å². The van der Waals surface area contributed by atoms with Crippen LogP contribution in [-0.2, 0) is 4.74 Å². The average Bonchev–Trinajstić information content (AvgIpc) is 2.77. The molecule has 0 aromatic rings. The molecule has 1 heterocycles. The van der Waals surface area contributed by atoms with Gasteiger partial charge in [0.05, 0.1) is 6.10 Å². The van der Waals surface area contributed by atoms with Gasteiger partial charge in [0, 0.05) is 12.6 Å². The SMILES string of the molecule is CCCCCCC(CC1CCCO1)NCC. The molecule has 0 spiro atoms. The van der Waals surface area contributed by atoms with Crippen molar-refractivity contribution in [1.29, 1.82) is 0 Å². The van der Waals surface area contributed by atoms with Gasteiger partial charge in [-0.1, -0.05) is 39.5 Å². The lowest BCUT2D eigenvalue weighted by Crippen LogP contribution is -2.32. The Balaban J connectivity index is 2.12. The van der Waals surface area contributed by atoms with Gasteiger partial charge in [0.1, 0.15) is 0 Å². The standard InChI is InChI=1S/C14H29NO/c1-3-5-6-7-9-13(15-4-2)12-14-10-8-11-16-14/h13-15H,3-12H2,1-2H3. The van der Waals surface area contributed by atoms with Gasteiger partial charge in [-0.25, -0.2) is 0 Å². The van der Waals surface area contributed by atoms with Crippen molar-refractivity contribution in [2.75, 3.05) is 13.2 Å². The molecule has 0 radical (unpaired) electrons. The van der Waals surface area contributed by atoms with E-state index in [2.05, 4.69) is 19.2 Å². The molecule has 0 amide bonds. The number of rotatable bonds is 9. The van der Waals surface area contributed by atoms with Crippen LogP contribution in [0.1, 0.15) is 65.2 Å². The molecule has 0 aromatic carbocycles. The van der Waals surface area contributed by atoms with E-state index < -0.39 is 0 Å². The molecule has 2 unspecified atom stereocenters. The Morgan fingerprint density at radius 3 is 2.75 bits per heavy atom. The Labute approximate surface area is 101 Å². The van der Waals surface area contributed by atoms with E-state index in [9.17, 15) is 0 Å². The van der Waals surface area contributed by atoms with Crippen LogP contribution >= 0.6 is 0 Å². The summed E-state index contributed by atoms with van der Waals surface area (Å²) >= 11 is 0. The summed E-state index contributed by atoms with van der Waals surface area (Å²) in [4.78, 5) is 0. The van der Waals surface area contributed by atoms with Crippen molar-refractivity contribution in [1.82, 2.24) is 5.32 Å². The Morgan fingerprint density at radius 2 is 2.12 bits per heavy atom. The first-order valence-electron chi connectivity index (χ1n) is 7.21. The maximum atomic E-state index is 5.72. The van der Waals surface area contributed by atoms with E-state index in [0.29, 0.717) is 12.1 Å². The topological polar surface area (TPSA) is 21.3 Å². The van der Waals surface area contributed by atoms with E-state index in [4.69, 9.17) is 4.74 Å². The molecule has 0 aromatic heterocycles. The van der Waals surface area contributed by atoms with E-state index in [1.165, 1.54) is 51.4 Å². The fourth-order valence-electron chi connectivity index (χ4n) is 2.56. The van der Waals surface area contributed by atoms with Crippen molar-refractivity contribution in [3.05, 3.63) is 0 Å². The normalized spacial score (nSPS) is 22.5. The molecular formula is C14H29NO. The molecule has 96 valence electrons. The lowest BCUT2D eigenvalue weighted by Gasteiger charge is -2.21. The Hall–Kier alpha value is -0.0800. The fraction of sp³-hybridized carbons (Fsp3) is 1.00. The number of nitrogens with one attached hydrogen (secondary N) is 1. The molecule has 1 fully saturated rings. The van der Waals surface area contributed by atoms with Crippen LogP contribution in [0.3, 0.4) is 0 Å². The second kappa shape index (κ2) is 9.00. The second-order valence-electron chi connectivity index (χ2n) is 4.97. The molecule has 1 rings (SSSR count).